The van der Waals surface area contributed by atoms with Gasteiger partial charge in [0.25, 0.3) is 0 Å². The highest BCUT2D eigenvalue weighted by molar-refractivity contribution is 7.89. The van der Waals surface area contributed by atoms with E-state index >= 15 is 0 Å². The monoisotopic (exact) mass is 325 g/mol. The molecule has 0 aliphatic rings. The quantitative estimate of drug-likeness (QED) is 0.755. The Kier molecular flexibility index (Phi) is 4.13. The molecule has 0 aliphatic heterocycles. The van der Waals surface area contributed by atoms with Gasteiger partial charge < -0.3 is 11.1 Å². The largest absolute Gasteiger partial charge is 0.399 e. The maximum Gasteiger partial charge on any atom is 0.238 e. The average Bonchev–Trinajstić information content (AvgIpc) is 2.36. The molecule has 7 heteroatoms. The number of nitrogen functional groups attached to an aromatic ring is 1. The number of hydrogen-bond acceptors (Lipinski definition) is 4. The molecule has 0 saturated carbocycles. The van der Waals surface area contributed by atoms with E-state index in [1.807, 2.05) is 19.1 Å². The second kappa shape index (κ2) is 5.55. The number of benzene rings is 2. The lowest BCUT2D eigenvalue weighted by atomic mass is 10.1. The summed E-state index contributed by atoms with van der Waals surface area (Å²) in [5.41, 5.74) is 8.82. The van der Waals surface area contributed by atoms with Gasteiger partial charge in [0, 0.05) is 22.1 Å². The lowest BCUT2D eigenvalue weighted by Gasteiger charge is -2.14. The molecule has 0 aliphatic carbocycles. The number of anilines is 3. The molecule has 0 saturated heterocycles. The zero-order valence-electron chi connectivity index (χ0n) is 11.6. The lowest BCUT2D eigenvalue weighted by molar-refractivity contribution is 0.597. The predicted octanol–water partition coefficient (Wildman–Crippen LogP) is 2.93. The van der Waals surface area contributed by atoms with E-state index in [1.54, 1.807) is 19.1 Å². The van der Waals surface area contributed by atoms with Crippen LogP contribution in [0.25, 0.3) is 0 Å². The van der Waals surface area contributed by atoms with Crippen LogP contribution in [0.1, 0.15) is 11.1 Å². The first-order chi connectivity index (χ1) is 9.68. The van der Waals surface area contributed by atoms with Crippen molar-refractivity contribution >= 4 is 38.7 Å². The molecule has 0 unspecified atom stereocenters. The minimum absolute atomic E-state index is 0.00297. The highest BCUT2D eigenvalue weighted by Gasteiger charge is 2.15. The van der Waals surface area contributed by atoms with E-state index in [1.165, 1.54) is 6.07 Å². The van der Waals surface area contributed by atoms with Crippen LogP contribution in [-0.4, -0.2) is 8.42 Å². The molecule has 21 heavy (non-hydrogen) atoms. The number of rotatable bonds is 3. The van der Waals surface area contributed by atoms with Gasteiger partial charge in [-0.3, -0.25) is 0 Å². The Morgan fingerprint density at radius 3 is 2.38 bits per heavy atom. The van der Waals surface area contributed by atoms with Crippen LogP contribution >= 0.6 is 11.6 Å². The zero-order valence-corrected chi connectivity index (χ0v) is 13.2. The summed E-state index contributed by atoms with van der Waals surface area (Å²) in [5.74, 6) is 0. The number of nitrogens with two attached hydrogens (primary N) is 2. The number of hydrogen-bond donors (Lipinski definition) is 3. The highest BCUT2D eigenvalue weighted by atomic mass is 35.5. The van der Waals surface area contributed by atoms with Crippen molar-refractivity contribution in [2.24, 2.45) is 5.14 Å². The van der Waals surface area contributed by atoms with Crippen LogP contribution in [0.3, 0.4) is 0 Å². The van der Waals surface area contributed by atoms with E-state index < -0.39 is 10.0 Å². The molecular weight excluding hydrogens is 310 g/mol. The van der Waals surface area contributed by atoms with Crippen LogP contribution in [0.15, 0.2) is 35.2 Å². The van der Waals surface area contributed by atoms with Gasteiger partial charge >= 0.3 is 0 Å². The number of halogens is 1. The first kappa shape index (κ1) is 15.6. The van der Waals surface area contributed by atoms with Crippen molar-refractivity contribution in [3.05, 3.63) is 46.5 Å². The third kappa shape index (κ3) is 3.47. The number of primary sulfonamides is 1. The van der Waals surface area contributed by atoms with Gasteiger partial charge in [-0.15, -0.1) is 0 Å². The van der Waals surface area contributed by atoms with E-state index in [2.05, 4.69) is 5.32 Å². The van der Waals surface area contributed by atoms with Gasteiger partial charge in [0.1, 0.15) is 0 Å². The normalized spacial score (nSPS) is 11.4. The van der Waals surface area contributed by atoms with Gasteiger partial charge in [0.15, 0.2) is 0 Å². The maximum atomic E-state index is 11.6. The lowest BCUT2D eigenvalue weighted by Crippen LogP contribution is -2.15. The molecule has 0 aromatic heterocycles. The smallest absolute Gasteiger partial charge is 0.238 e. The maximum absolute atomic E-state index is 11.6. The van der Waals surface area contributed by atoms with Gasteiger partial charge in [-0.1, -0.05) is 17.7 Å². The van der Waals surface area contributed by atoms with E-state index in [0.29, 0.717) is 22.0 Å². The summed E-state index contributed by atoms with van der Waals surface area (Å²) in [7, 11) is -3.83. The number of aryl methyl sites for hydroxylation is 1. The van der Waals surface area contributed by atoms with Gasteiger partial charge in [0.2, 0.25) is 10.0 Å². The van der Waals surface area contributed by atoms with Crippen molar-refractivity contribution in [1.82, 2.24) is 0 Å². The van der Waals surface area contributed by atoms with Crippen molar-refractivity contribution < 1.29 is 8.42 Å². The van der Waals surface area contributed by atoms with Crippen LogP contribution in [0.5, 0.6) is 0 Å². The summed E-state index contributed by atoms with van der Waals surface area (Å²) in [4.78, 5) is 0.00297. The van der Waals surface area contributed by atoms with Crippen LogP contribution in [-0.2, 0) is 10.0 Å². The minimum atomic E-state index is -3.83. The zero-order chi connectivity index (χ0) is 15.8. The fourth-order valence-corrected chi connectivity index (χ4v) is 2.98. The summed E-state index contributed by atoms with van der Waals surface area (Å²) >= 11 is 6.07. The molecule has 5 N–H and O–H groups in total. The Morgan fingerprint density at radius 2 is 1.81 bits per heavy atom. The molecule has 0 fully saturated rings. The van der Waals surface area contributed by atoms with Crippen LogP contribution in [0.2, 0.25) is 5.02 Å². The standard InChI is InChI=1S/C14H16ClN3O2S/c1-8-3-4-11(7-12(8)15)18-13-5-10(16)6-14(9(13)2)21(17,19)20/h3-7,18H,16H2,1-2H3,(H2,17,19,20). The van der Waals surface area contributed by atoms with Gasteiger partial charge in [-0.2, -0.15) is 0 Å². The van der Waals surface area contributed by atoms with Gasteiger partial charge in [-0.05, 0) is 49.2 Å². The van der Waals surface area contributed by atoms with E-state index in [0.717, 1.165) is 11.3 Å². The van der Waals surface area contributed by atoms with Crippen LogP contribution in [0, 0.1) is 13.8 Å². The topological polar surface area (TPSA) is 98.2 Å². The summed E-state index contributed by atoms with van der Waals surface area (Å²) in [6.45, 7) is 3.56. The number of sulfonamides is 1. The molecule has 0 amide bonds. The molecule has 0 heterocycles. The van der Waals surface area contributed by atoms with Gasteiger partial charge in [0.05, 0.1) is 4.90 Å². The van der Waals surface area contributed by atoms with Crippen molar-refractivity contribution in [2.75, 3.05) is 11.1 Å². The molecule has 2 aromatic rings. The van der Waals surface area contributed by atoms with E-state index in [9.17, 15) is 8.42 Å². The summed E-state index contributed by atoms with van der Waals surface area (Å²) in [6, 6.07) is 8.47. The predicted molar refractivity (Wildman–Crippen MR) is 86.4 cm³/mol. The average molecular weight is 326 g/mol. The molecule has 0 spiro atoms. The Morgan fingerprint density at radius 1 is 1.14 bits per heavy atom. The van der Waals surface area contributed by atoms with E-state index in [4.69, 9.17) is 22.5 Å². The van der Waals surface area contributed by atoms with Gasteiger partial charge in [-0.25, -0.2) is 13.6 Å². The summed E-state index contributed by atoms with van der Waals surface area (Å²) < 4.78 is 23.2. The van der Waals surface area contributed by atoms with Crippen molar-refractivity contribution in [1.29, 1.82) is 0 Å². The summed E-state index contributed by atoms with van der Waals surface area (Å²) in [5, 5.41) is 8.93. The fourth-order valence-electron chi connectivity index (χ4n) is 1.96. The Balaban J connectivity index is 2.49. The Bertz CT molecular complexity index is 804. The molecule has 0 bridgehead atoms. The molecule has 2 rings (SSSR count). The molecule has 0 atom stereocenters. The second-order valence-corrected chi connectivity index (χ2v) is 6.76. The Hall–Kier alpha value is -1.76. The molecule has 2 aromatic carbocycles. The van der Waals surface area contributed by atoms with E-state index in [-0.39, 0.29) is 4.90 Å². The molecular formula is C14H16ClN3O2S. The van der Waals surface area contributed by atoms with Crippen molar-refractivity contribution in [3.8, 4) is 0 Å². The first-order valence-electron chi connectivity index (χ1n) is 6.14. The first-order valence-corrected chi connectivity index (χ1v) is 8.07. The fraction of sp³-hybridized carbons (Fsp3) is 0.143. The third-order valence-electron chi connectivity index (χ3n) is 3.14. The summed E-state index contributed by atoms with van der Waals surface area (Å²) in [6.07, 6.45) is 0. The number of nitrogens with one attached hydrogen (secondary N) is 1. The second-order valence-electron chi connectivity index (χ2n) is 4.83. The molecule has 5 nitrogen and oxygen atoms in total. The SMILES string of the molecule is Cc1ccc(Nc2cc(N)cc(S(N)(=O)=O)c2C)cc1Cl. The molecule has 112 valence electrons. The minimum Gasteiger partial charge on any atom is -0.399 e. The van der Waals surface area contributed by atoms with Crippen molar-refractivity contribution in [3.63, 3.8) is 0 Å². The highest BCUT2D eigenvalue weighted by Crippen LogP contribution is 2.30. The van der Waals surface area contributed by atoms with Crippen molar-refractivity contribution in [2.45, 2.75) is 18.7 Å². The van der Waals surface area contributed by atoms with Crippen LogP contribution in [0.4, 0.5) is 17.1 Å². The Labute approximate surface area is 129 Å². The third-order valence-corrected chi connectivity index (χ3v) is 4.58. The molecule has 0 radical (unpaired) electrons. The van der Waals surface area contributed by atoms with Crippen LogP contribution < -0.4 is 16.2 Å².